The predicted octanol–water partition coefficient (Wildman–Crippen LogP) is 3.12. The van der Waals surface area contributed by atoms with E-state index in [0.29, 0.717) is 22.5 Å². The van der Waals surface area contributed by atoms with Crippen LogP contribution in [0.3, 0.4) is 0 Å². The lowest BCUT2D eigenvalue weighted by atomic mass is 10.1. The maximum absolute atomic E-state index is 12.4. The highest BCUT2D eigenvalue weighted by Crippen LogP contribution is 2.35. The van der Waals surface area contributed by atoms with Gasteiger partial charge in [-0.3, -0.25) is 0 Å². The molecule has 2 rings (SSSR count). The third kappa shape index (κ3) is 2.92. The van der Waals surface area contributed by atoms with Gasteiger partial charge < -0.3 is 5.11 Å². The first kappa shape index (κ1) is 13.5. The molecule has 1 aromatic carbocycles. The van der Waals surface area contributed by atoms with Crippen LogP contribution < -0.4 is 0 Å². The van der Waals surface area contributed by atoms with E-state index in [-0.39, 0.29) is 4.88 Å². The second kappa shape index (κ2) is 4.99. The first-order chi connectivity index (χ1) is 8.91. The van der Waals surface area contributed by atoms with Crippen LogP contribution in [0.25, 0.3) is 0 Å². The quantitative estimate of drug-likeness (QED) is 0.921. The van der Waals surface area contributed by atoms with Gasteiger partial charge in [0.1, 0.15) is 6.10 Å². The number of thiazole rings is 1. The van der Waals surface area contributed by atoms with Crippen molar-refractivity contribution in [2.24, 2.45) is 0 Å². The van der Waals surface area contributed by atoms with Crippen LogP contribution in [0, 0.1) is 11.3 Å². The third-order valence-corrected chi connectivity index (χ3v) is 3.46. The van der Waals surface area contributed by atoms with Gasteiger partial charge in [0.2, 0.25) is 0 Å². The van der Waals surface area contributed by atoms with E-state index in [1.807, 2.05) is 6.07 Å². The number of nitrogens with zero attached hydrogens (tertiary/aromatic N) is 2. The summed E-state index contributed by atoms with van der Waals surface area (Å²) in [6.07, 6.45) is -4.74. The SMILES string of the molecule is N#Cc1cccc(C(O)c2cnc(C(F)(F)F)s2)c1. The zero-order valence-corrected chi connectivity index (χ0v) is 10.2. The summed E-state index contributed by atoms with van der Waals surface area (Å²) in [6.45, 7) is 0. The summed E-state index contributed by atoms with van der Waals surface area (Å²) in [6, 6.07) is 7.97. The fraction of sp³-hybridized carbons (Fsp3) is 0.167. The highest BCUT2D eigenvalue weighted by Gasteiger charge is 2.35. The molecule has 1 atom stereocenters. The number of halogens is 3. The Morgan fingerprint density at radius 1 is 1.37 bits per heavy atom. The fourth-order valence-electron chi connectivity index (χ4n) is 1.49. The van der Waals surface area contributed by atoms with Crippen molar-refractivity contribution in [3.05, 3.63) is 51.5 Å². The minimum Gasteiger partial charge on any atom is -0.383 e. The molecular formula is C12H7F3N2OS. The molecular weight excluding hydrogens is 277 g/mol. The summed E-state index contributed by atoms with van der Waals surface area (Å²) in [5, 5.41) is 17.7. The van der Waals surface area contributed by atoms with Crippen LogP contribution in [0.4, 0.5) is 13.2 Å². The molecule has 0 aliphatic rings. The van der Waals surface area contributed by atoms with E-state index in [1.54, 1.807) is 18.2 Å². The van der Waals surface area contributed by atoms with Crippen molar-refractivity contribution in [1.29, 1.82) is 5.26 Å². The van der Waals surface area contributed by atoms with E-state index >= 15 is 0 Å². The third-order valence-electron chi connectivity index (χ3n) is 2.37. The molecule has 0 saturated heterocycles. The summed E-state index contributed by atoms with van der Waals surface area (Å²) in [7, 11) is 0. The monoisotopic (exact) mass is 284 g/mol. The maximum atomic E-state index is 12.4. The van der Waals surface area contributed by atoms with Gasteiger partial charge in [-0.2, -0.15) is 18.4 Å². The van der Waals surface area contributed by atoms with Gasteiger partial charge >= 0.3 is 6.18 Å². The molecule has 0 aliphatic heterocycles. The van der Waals surface area contributed by atoms with E-state index in [9.17, 15) is 18.3 Å². The standard InChI is InChI=1S/C12H7F3N2OS/c13-12(14,15)11-17-6-9(19-11)10(18)8-3-1-2-7(4-8)5-16/h1-4,6,10,18H. The van der Waals surface area contributed by atoms with E-state index in [0.717, 1.165) is 6.20 Å². The average Bonchev–Trinajstić information content (AvgIpc) is 2.87. The molecule has 98 valence electrons. The molecule has 3 nitrogen and oxygen atoms in total. The van der Waals surface area contributed by atoms with Gasteiger partial charge in [-0.05, 0) is 17.7 Å². The number of aromatic nitrogens is 1. The van der Waals surface area contributed by atoms with Crippen molar-refractivity contribution in [2.45, 2.75) is 12.3 Å². The largest absolute Gasteiger partial charge is 0.443 e. The molecule has 2 aromatic rings. The van der Waals surface area contributed by atoms with Crippen LogP contribution in [0.1, 0.15) is 27.1 Å². The summed E-state index contributed by atoms with van der Waals surface area (Å²) in [5.41, 5.74) is 0.688. The van der Waals surface area contributed by atoms with Crippen molar-refractivity contribution in [3.8, 4) is 6.07 Å². The van der Waals surface area contributed by atoms with Crippen molar-refractivity contribution in [2.75, 3.05) is 0 Å². The molecule has 0 bridgehead atoms. The number of hydrogen-bond donors (Lipinski definition) is 1. The number of benzene rings is 1. The Balaban J connectivity index is 2.31. The summed E-state index contributed by atoms with van der Waals surface area (Å²) >= 11 is 0.387. The Morgan fingerprint density at radius 2 is 2.11 bits per heavy atom. The zero-order valence-electron chi connectivity index (χ0n) is 9.35. The molecule has 0 spiro atoms. The van der Waals surface area contributed by atoms with Gasteiger partial charge in [-0.25, -0.2) is 4.98 Å². The van der Waals surface area contributed by atoms with Crippen molar-refractivity contribution < 1.29 is 18.3 Å². The Hall–Kier alpha value is -1.91. The number of nitriles is 1. The van der Waals surface area contributed by atoms with Gasteiger partial charge in [-0.15, -0.1) is 11.3 Å². The molecule has 1 aromatic heterocycles. The van der Waals surface area contributed by atoms with Crippen LogP contribution in [0.5, 0.6) is 0 Å². The van der Waals surface area contributed by atoms with Gasteiger partial charge in [0.25, 0.3) is 0 Å². The smallest absolute Gasteiger partial charge is 0.383 e. The Bertz CT molecular complexity index is 630. The fourth-order valence-corrected chi connectivity index (χ4v) is 2.28. The minimum atomic E-state index is -4.52. The number of aliphatic hydroxyl groups is 1. The van der Waals surface area contributed by atoms with Crippen LogP contribution in [-0.2, 0) is 6.18 Å². The lowest BCUT2D eigenvalue weighted by Crippen LogP contribution is -2.03. The van der Waals surface area contributed by atoms with E-state index in [4.69, 9.17) is 5.26 Å². The second-order valence-electron chi connectivity index (χ2n) is 3.71. The number of aliphatic hydroxyl groups excluding tert-OH is 1. The molecule has 1 heterocycles. The lowest BCUT2D eigenvalue weighted by molar-refractivity contribution is -0.137. The molecule has 7 heteroatoms. The highest BCUT2D eigenvalue weighted by molar-refractivity contribution is 7.11. The number of hydrogen-bond acceptors (Lipinski definition) is 4. The van der Waals surface area contributed by atoms with Crippen molar-refractivity contribution in [3.63, 3.8) is 0 Å². The van der Waals surface area contributed by atoms with Crippen LogP contribution >= 0.6 is 11.3 Å². The highest BCUT2D eigenvalue weighted by atomic mass is 32.1. The zero-order chi connectivity index (χ0) is 14.0. The van der Waals surface area contributed by atoms with E-state index in [2.05, 4.69) is 4.98 Å². The molecule has 1 N–H and O–H groups in total. The summed E-state index contributed by atoms with van der Waals surface area (Å²) < 4.78 is 37.2. The molecule has 19 heavy (non-hydrogen) atoms. The first-order valence-corrected chi connectivity index (χ1v) is 5.94. The Kier molecular flexibility index (Phi) is 3.55. The molecule has 0 radical (unpaired) electrons. The van der Waals surface area contributed by atoms with Crippen LogP contribution in [0.2, 0.25) is 0 Å². The predicted molar refractivity (Wildman–Crippen MR) is 62.3 cm³/mol. The first-order valence-electron chi connectivity index (χ1n) is 5.13. The van der Waals surface area contributed by atoms with E-state index in [1.165, 1.54) is 6.07 Å². The summed E-state index contributed by atoms with van der Waals surface area (Å²) in [5.74, 6) is 0. The van der Waals surface area contributed by atoms with Crippen LogP contribution in [-0.4, -0.2) is 10.1 Å². The molecule has 0 saturated carbocycles. The second-order valence-corrected chi connectivity index (χ2v) is 4.77. The van der Waals surface area contributed by atoms with E-state index < -0.39 is 17.3 Å². The Morgan fingerprint density at radius 3 is 2.68 bits per heavy atom. The molecule has 1 unspecified atom stereocenters. The maximum Gasteiger partial charge on any atom is 0.443 e. The minimum absolute atomic E-state index is 0.0856. The molecule has 0 amide bonds. The van der Waals surface area contributed by atoms with Crippen molar-refractivity contribution in [1.82, 2.24) is 4.98 Å². The average molecular weight is 284 g/mol. The van der Waals surface area contributed by atoms with Gasteiger partial charge in [0.05, 0.1) is 16.5 Å². The summed E-state index contributed by atoms with van der Waals surface area (Å²) in [4.78, 5) is 3.33. The normalized spacial score (nSPS) is 13.0. The number of rotatable bonds is 2. The van der Waals surface area contributed by atoms with Crippen molar-refractivity contribution >= 4 is 11.3 Å². The lowest BCUT2D eigenvalue weighted by Gasteiger charge is -2.08. The van der Waals surface area contributed by atoms with Crippen LogP contribution in [0.15, 0.2) is 30.5 Å². The number of alkyl halides is 3. The topological polar surface area (TPSA) is 56.9 Å². The van der Waals surface area contributed by atoms with Gasteiger partial charge in [0, 0.05) is 6.20 Å². The molecule has 0 aliphatic carbocycles. The molecule has 0 fully saturated rings. The van der Waals surface area contributed by atoms with Gasteiger partial charge in [0.15, 0.2) is 5.01 Å². The Labute approximate surface area is 110 Å². The van der Waals surface area contributed by atoms with Gasteiger partial charge in [-0.1, -0.05) is 12.1 Å².